The van der Waals surface area contributed by atoms with E-state index in [-0.39, 0.29) is 12.5 Å². The molecule has 1 amide bonds. The summed E-state index contributed by atoms with van der Waals surface area (Å²) < 4.78 is 6.71. The molecular weight excluding hydrogens is 366 g/mol. The van der Waals surface area contributed by atoms with Crippen molar-refractivity contribution in [1.82, 2.24) is 4.90 Å². The predicted octanol–water partition coefficient (Wildman–Crippen LogP) is 2.88. The number of hydrogen-bond acceptors (Lipinski definition) is 3. The van der Waals surface area contributed by atoms with Crippen molar-refractivity contribution in [3.05, 3.63) is 26.6 Å². The second-order valence-corrected chi connectivity index (χ2v) is 5.34. The van der Waals surface area contributed by atoms with Gasteiger partial charge in [0.2, 0.25) is 0 Å². The molecule has 0 heterocycles. The maximum Gasteiger partial charge on any atom is 0.260 e. The van der Waals surface area contributed by atoms with Gasteiger partial charge in [-0.2, -0.15) is 0 Å². The summed E-state index contributed by atoms with van der Waals surface area (Å²) in [6.07, 6.45) is 0.745. The van der Waals surface area contributed by atoms with E-state index in [1.165, 1.54) is 0 Å². The van der Waals surface area contributed by atoms with Crippen molar-refractivity contribution in [1.29, 1.82) is 0 Å². The Labute approximate surface area is 123 Å². The zero-order chi connectivity index (χ0) is 13.7. The van der Waals surface area contributed by atoms with Gasteiger partial charge in [0.15, 0.2) is 6.61 Å². The highest BCUT2D eigenvalue weighted by Crippen LogP contribution is 2.34. The summed E-state index contributed by atoms with van der Waals surface area (Å²) in [5, 5.41) is 0. The van der Waals surface area contributed by atoms with E-state index in [1.807, 2.05) is 6.92 Å². The molecule has 0 bridgehead atoms. The van der Waals surface area contributed by atoms with Gasteiger partial charge in [-0.05, 0) is 50.9 Å². The standard InChI is InChI=1S/C12H13Br2NO3/c1-3-15(2)11(17)7-18-12-9(13)4-8(6-16)5-10(12)14/h4-6H,3,7H2,1-2H3. The van der Waals surface area contributed by atoms with Crippen LogP contribution in [0.15, 0.2) is 21.1 Å². The fourth-order valence-electron chi connectivity index (χ4n) is 1.21. The number of hydrogen-bond donors (Lipinski definition) is 0. The van der Waals surface area contributed by atoms with Gasteiger partial charge in [0.1, 0.15) is 12.0 Å². The van der Waals surface area contributed by atoms with Crippen LogP contribution in [-0.4, -0.2) is 37.3 Å². The van der Waals surface area contributed by atoms with Gasteiger partial charge in [0, 0.05) is 19.2 Å². The predicted molar refractivity (Wildman–Crippen MR) is 76.0 cm³/mol. The van der Waals surface area contributed by atoms with Gasteiger partial charge < -0.3 is 9.64 Å². The van der Waals surface area contributed by atoms with E-state index in [4.69, 9.17) is 4.74 Å². The van der Waals surface area contributed by atoms with Crippen molar-refractivity contribution in [2.45, 2.75) is 6.92 Å². The minimum atomic E-state index is -0.101. The third kappa shape index (κ3) is 3.81. The molecule has 0 aliphatic carbocycles. The molecule has 18 heavy (non-hydrogen) atoms. The van der Waals surface area contributed by atoms with Gasteiger partial charge in [-0.15, -0.1) is 0 Å². The Kier molecular flexibility index (Phi) is 5.81. The van der Waals surface area contributed by atoms with Crippen LogP contribution in [0.2, 0.25) is 0 Å². The van der Waals surface area contributed by atoms with Crippen molar-refractivity contribution in [2.24, 2.45) is 0 Å². The third-order valence-electron chi connectivity index (χ3n) is 2.40. The Bertz CT molecular complexity index is 440. The number of rotatable bonds is 5. The Morgan fingerprint density at radius 2 is 1.94 bits per heavy atom. The Morgan fingerprint density at radius 1 is 1.39 bits per heavy atom. The molecule has 98 valence electrons. The molecule has 0 N–H and O–H groups in total. The van der Waals surface area contributed by atoms with Crippen LogP contribution in [0.4, 0.5) is 0 Å². The van der Waals surface area contributed by atoms with Crippen molar-refractivity contribution in [2.75, 3.05) is 20.2 Å². The van der Waals surface area contributed by atoms with Gasteiger partial charge in [-0.3, -0.25) is 9.59 Å². The van der Waals surface area contributed by atoms with Crippen molar-refractivity contribution in [3.8, 4) is 5.75 Å². The number of carbonyl (C=O) groups is 2. The number of benzene rings is 1. The molecule has 0 aliphatic rings. The Morgan fingerprint density at radius 3 is 2.39 bits per heavy atom. The fourth-order valence-corrected chi connectivity index (χ4v) is 2.66. The summed E-state index contributed by atoms with van der Waals surface area (Å²) in [7, 11) is 1.71. The second kappa shape index (κ2) is 6.89. The van der Waals surface area contributed by atoms with E-state index in [1.54, 1.807) is 24.1 Å². The number of nitrogens with zero attached hydrogens (tertiary/aromatic N) is 1. The zero-order valence-corrected chi connectivity index (χ0v) is 13.2. The zero-order valence-electron chi connectivity index (χ0n) is 10.1. The first-order chi connectivity index (χ1) is 8.49. The number of amides is 1. The first-order valence-electron chi connectivity index (χ1n) is 5.30. The smallest absolute Gasteiger partial charge is 0.260 e. The van der Waals surface area contributed by atoms with E-state index >= 15 is 0 Å². The van der Waals surface area contributed by atoms with E-state index < -0.39 is 0 Å². The molecule has 4 nitrogen and oxygen atoms in total. The molecule has 0 radical (unpaired) electrons. The van der Waals surface area contributed by atoms with E-state index in [0.29, 0.717) is 26.8 Å². The highest BCUT2D eigenvalue weighted by Gasteiger charge is 2.12. The van der Waals surface area contributed by atoms with Gasteiger partial charge in [-0.25, -0.2) is 0 Å². The summed E-state index contributed by atoms with van der Waals surface area (Å²) in [5.74, 6) is 0.411. The topological polar surface area (TPSA) is 46.6 Å². The average Bonchev–Trinajstić information content (AvgIpc) is 2.36. The lowest BCUT2D eigenvalue weighted by molar-refractivity contribution is -0.131. The minimum absolute atomic E-state index is 0.0397. The third-order valence-corrected chi connectivity index (χ3v) is 3.57. The average molecular weight is 379 g/mol. The molecule has 0 saturated carbocycles. The molecule has 0 atom stereocenters. The maximum atomic E-state index is 11.6. The van der Waals surface area contributed by atoms with Crippen LogP contribution in [-0.2, 0) is 4.79 Å². The van der Waals surface area contributed by atoms with Gasteiger partial charge in [0.25, 0.3) is 5.91 Å². The van der Waals surface area contributed by atoms with Crippen LogP contribution >= 0.6 is 31.9 Å². The van der Waals surface area contributed by atoms with Crippen LogP contribution in [0, 0.1) is 0 Å². The quantitative estimate of drug-likeness (QED) is 0.740. The van der Waals surface area contributed by atoms with Crippen molar-refractivity contribution < 1.29 is 14.3 Å². The number of aldehydes is 1. The maximum absolute atomic E-state index is 11.6. The largest absolute Gasteiger partial charge is 0.481 e. The molecule has 0 spiro atoms. The normalized spacial score (nSPS) is 10.0. The molecule has 0 aromatic heterocycles. The first kappa shape index (κ1) is 15.2. The number of ether oxygens (including phenoxy) is 1. The highest BCUT2D eigenvalue weighted by molar-refractivity contribution is 9.11. The molecule has 0 aliphatic heterocycles. The monoisotopic (exact) mass is 377 g/mol. The molecular formula is C12H13Br2NO3. The molecule has 1 aromatic carbocycles. The number of halogens is 2. The number of likely N-dealkylation sites (N-methyl/N-ethyl adjacent to an activating group) is 1. The summed E-state index contributed by atoms with van der Waals surface area (Å²) in [6, 6.07) is 3.28. The van der Waals surface area contributed by atoms with E-state index in [9.17, 15) is 9.59 Å². The van der Waals surface area contributed by atoms with Crippen molar-refractivity contribution >= 4 is 44.1 Å². The Balaban J connectivity index is 2.80. The lowest BCUT2D eigenvalue weighted by atomic mass is 10.2. The van der Waals surface area contributed by atoms with E-state index in [0.717, 1.165) is 6.29 Å². The molecule has 0 fully saturated rings. The number of carbonyl (C=O) groups excluding carboxylic acids is 2. The van der Waals surface area contributed by atoms with E-state index in [2.05, 4.69) is 31.9 Å². The van der Waals surface area contributed by atoms with Crippen molar-refractivity contribution in [3.63, 3.8) is 0 Å². The van der Waals surface area contributed by atoms with Crippen LogP contribution in [0.3, 0.4) is 0 Å². The summed E-state index contributed by atoms with van der Waals surface area (Å²) >= 11 is 6.61. The van der Waals surface area contributed by atoms with Gasteiger partial charge >= 0.3 is 0 Å². The summed E-state index contributed by atoms with van der Waals surface area (Å²) in [5.41, 5.74) is 0.526. The molecule has 0 unspecified atom stereocenters. The van der Waals surface area contributed by atoms with Crippen LogP contribution in [0.25, 0.3) is 0 Å². The Hall–Kier alpha value is -0.880. The van der Waals surface area contributed by atoms with Crippen LogP contribution in [0.5, 0.6) is 5.75 Å². The first-order valence-corrected chi connectivity index (χ1v) is 6.89. The second-order valence-electron chi connectivity index (χ2n) is 3.63. The molecule has 6 heteroatoms. The SMILES string of the molecule is CCN(C)C(=O)COc1c(Br)cc(C=O)cc1Br. The van der Waals surface area contributed by atoms with Crippen LogP contribution in [0.1, 0.15) is 17.3 Å². The van der Waals surface area contributed by atoms with Gasteiger partial charge in [-0.1, -0.05) is 0 Å². The fraction of sp³-hybridized carbons (Fsp3) is 0.333. The summed E-state index contributed by atoms with van der Waals surface area (Å²) in [4.78, 5) is 23.9. The molecule has 0 saturated heterocycles. The van der Waals surface area contributed by atoms with Gasteiger partial charge in [0.05, 0.1) is 8.95 Å². The lowest BCUT2D eigenvalue weighted by Gasteiger charge is -2.16. The minimum Gasteiger partial charge on any atom is -0.481 e. The van der Waals surface area contributed by atoms with Crippen LogP contribution < -0.4 is 4.74 Å². The molecule has 1 rings (SSSR count). The summed E-state index contributed by atoms with van der Waals surface area (Å²) in [6.45, 7) is 2.49. The molecule has 1 aromatic rings. The highest BCUT2D eigenvalue weighted by atomic mass is 79.9. The lowest BCUT2D eigenvalue weighted by Crippen LogP contribution is -2.31.